The molecule has 2 atom stereocenters. The van der Waals surface area contributed by atoms with E-state index >= 15 is 0 Å². The van der Waals surface area contributed by atoms with Crippen molar-refractivity contribution in [3.63, 3.8) is 0 Å². The van der Waals surface area contributed by atoms with E-state index in [0.29, 0.717) is 13.0 Å². The molecule has 2 rings (SSSR count). The highest BCUT2D eigenvalue weighted by atomic mass is 19.1. The summed E-state index contributed by atoms with van der Waals surface area (Å²) in [5, 5.41) is 0. The van der Waals surface area contributed by atoms with E-state index in [0.717, 1.165) is 36.6 Å². The van der Waals surface area contributed by atoms with E-state index in [1.54, 1.807) is 0 Å². The fraction of sp³-hybridized carbons (Fsp3) is 0.533. The molecule has 19 heavy (non-hydrogen) atoms. The van der Waals surface area contributed by atoms with Crippen LogP contribution in [0.15, 0.2) is 18.2 Å². The first-order valence-corrected chi connectivity index (χ1v) is 6.63. The van der Waals surface area contributed by atoms with Gasteiger partial charge in [-0.05, 0) is 37.4 Å². The van der Waals surface area contributed by atoms with Gasteiger partial charge in [0.1, 0.15) is 11.6 Å². The lowest BCUT2D eigenvalue weighted by Gasteiger charge is -2.15. The fourth-order valence-corrected chi connectivity index (χ4v) is 2.30. The fourth-order valence-electron chi connectivity index (χ4n) is 2.30. The maximum absolute atomic E-state index is 13.0. The topological polar surface area (TPSA) is 20.3 Å². The Labute approximate surface area is 112 Å². The normalized spacial score (nSPS) is 21.7. The molecule has 0 aromatic heterocycles. The average Bonchev–Trinajstić information content (AvgIpc) is 3.00. The van der Waals surface area contributed by atoms with Gasteiger partial charge in [0.05, 0.1) is 0 Å². The highest BCUT2D eigenvalue weighted by molar-refractivity contribution is 5.96. The predicted octanol–water partition coefficient (Wildman–Crippen LogP) is 3.13. The van der Waals surface area contributed by atoms with Gasteiger partial charge in [0, 0.05) is 31.1 Å². The molecular formula is C15H19F2NO. The molecule has 0 aliphatic heterocycles. The quantitative estimate of drug-likeness (QED) is 0.738. The molecule has 2 nitrogen and oxygen atoms in total. The third kappa shape index (κ3) is 4.10. The van der Waals surface area contributed by atoms with Crippen LogP contribution < -0.4 is 0 Å². The lowest BCUT2D eigenvalue weighted by molar-refractivity contribution is 0.0967. The Kier molecular flexibility index (Phi) is 4.30. The monoisotopic (exact) mass is 267 g/mol. The molecule has 1 aliphatic carbocycles. The molecule has 0 N–H and O–H groups in total. The third-order valence-corrected chi connectivity index (χ3v) is 3.73. The summed E-state index contributed by atoms with van der Waals surface area (Å²) in [4.78, 5) is 14.0. The van der Waals surface area contributed by atoms with E-state index in [9.17, 15) is 13.6 Å². The summed E-state index contributed by atoms with van der Waals surface area (Å²) in [5.41, 5.74) is 0.116. The van der Waals surface area contributed by atoms with E-state index in [4.69, 9.17) is 0 Å². The molecule has 1 fully saturated rings. The lowest BCUT2D eigenvalue weighted by atomic mass is 10.1. The molecule has 1 aromatic carbocycles. The van der Waals surface area contributed by atoms with Crippen LogP contribution in [0.1, 0.15) is 30.1 Å². The number of benzene rings is 1. The van der Waals surface area contributed by atoms with Crippen molar-refractivity contribution in [1.29, 1.82) is 0 Å². The second-order valence-electron chi connectivity index (χ2n) is 5.57. The maximum Gasteiger partial charge on any atom is 0.164 e. The summed E-state index contributed by atoms with van der Waals surface area (Å²) in [6, 6.07) is 2.96. The van der Waals surface area contributed by atoms with Crippen LogP contribution in [0.3, 0.4) is 0 Å². The molecule has 1 aromatic rings. The van der Waals surface area contributed by atoms with Gasteiger partial charge in [0.15, 0.2) is 5.78 Å². The number of ketones is 1. The van der Waals surface area contributed by atoms with E-state index < -0.39 is 11.6 Å². The molecule has 1 aliphatic rings. The van der Waals surface area contributed by atoms with Gasteiger partial charge in [0.25, 0.3) is 0 Å². The summed E-state index contributed by atoms with van der Waals surface area (Å²) in [7, 11) is 1.98. The van der Waals surface area contributed by atoms with Crippen LogP contribution in [0.2, 0.25) is 0 Å². The van der Waals surface area contributed by atoms with Gasteiger partial charge >= 0.3 is 0 Å². The Hall–Kier alpha value is -1.29. The highest BCUT2D eigenvalue weighted by Crippen LogP contribution is 2.37. The minimum Gasteiger partial charge on any atom is -0.306 e. The zero-order chi connectivity index (χ0) is 14.0. The zero-order valence-electron chi connectivity index (χ0n) is 11.3. The van der Waals surface area contributed by atoms with Gasteiger partial charge in [-0.2, -0.15) is 0 Å². The van der Waals surface area contributed by atoms with Crippen molar-refractivity contribution in [2.24, 2.45) is 11.8 Å². The molecule has 104 valence electrons. The summed E-state index contributed by atoms with van der Waals surface area (Å²) in [6.45, 7) is 3.84. The van der Waals surface area contributed by atoms with E-state index in [-0.39, 0.29) is 11.3 Å². The zero-order valence-corrected chi connectivity index (χ0v) is 11.3. The van der Waals surface area contributed by atoms with Crippen molar-refractivity contribution in [1.82, 2.24) is 4.90 Å². The minimum absolute atomic E-state index is 0.116. The van der Waals surface area contributed by atoms with Gasteiger partial charge < -0.3 is 4.90 Å². The maximum atomic E-state index is 13.0. The summed E-state index contributed by atoms with van der Waals surface area (Å²) in [6.07, 6.45) is 1.55. The second-order valence-corrected chi connectivity index (χ2v) is 5.57. The molecule has 1 saturated carbocycles. The van der Waals surface area contributed by atoms with Crippen LogP contribution in [-0.2, 0) is 0 Å². The van der Waals surface area contributed by atoms with Crippen LogP contribution in [-0.4, -0.2) is 30.8 Å². The Morgan fingerprint density at radius 3 is 2.42 bits per heavy atom. The molecular weight excluding hydrogens is 248 g/mol. The van der Waals surface area contributed by atoms with E-state index in [1.807, 2.05) is 7.05 Å². The standard InChI is InChI=1S/C15H19F2NO/c1-10-5-12(10)9-18(2)4-3-15(19)11-6-13(16)8-14(17)7-11/h6-8,10,12H,3-5,9H2,1-2H3. The number of carbonyl (C=O) groups is 1. The van der Waals surface area contributed by atoms with E-state index in [2.05, 4.69) is 11.8 Å². The number of rotatable bonds is 6. The van der Waals surface area contributed by atoms with Gasteiger partial charge in [-0.15, -0.1) is 0 Å². The first-order valence-electron chi connectivity index (χ1n) is 6.63. The first kappa shape index (κ1) is 14.1. The van der Waals surface area contributed by atoms with Crippen molar-refractivity contribution < 1.29 is 13.6 Å². The molecule has 0 radical (unpaired) electrons. The second kappa shape index (κ2) is 5.78. The summed E-state index contributed by atoms with van der Waals surface area (Å²) < 4.78 is 26.0. The van der Waals surface area contributed by atoms with Crippen molar-refractivity contribution >= 4 is 5.78 Å². The Bertz CT molecular complexity index is 455. The molecule has 0 heterocycles. The molecule has 0 spiro atoms. The number of carbonyl (C=O) groups excluding carboxylic acids is 1. The molecule has 0 bridgehead atoms. The number of nitrogens with zero attached hydrogens (tertiary/aromatic N) is 1. The predicted molar refractivity (Wildman–Crippen MR) is 70.1 cm³/mol. The van der Waals surface area contributed by atoms with Gasteiger partial charge in [-0.1, -0.05) is 6.92 Å². The molecule has 0 saturated heterocycles. The number of halogens is 2. The molecule has 2 unspecified atom stereocenters. The summed E-state index contributed by atoms with van der Waals surface area (Å²) in [5.74, 6) is -0.0942. The lowest BCUT2D eigenvalue weighted by Crippen LogP contribution is -2.24. The minimum atomic E-state index is -0.705. The largest absolute Gasteiger partial charge is 0.306 e. The Morgan fingerprint density at radius 2 is 1.89 bits per heavy atom. The van der Waals surface area contributed by atoms with Crippen molar-refractivity contribution in [3.05, 3.63) is 35.4 Å². The van der Waals surface area contributed by atoms with Crippen molar-refractivity contribution in [3.8, 4) is 0 Å². The number of hydrogen-bond donors (Lipinski definition) is 0. The van der Waals surface area contributed by atoms with Crippen molar-refractivity contribution in [2.75, 3.05) is 20.1 Å². The van der Waals surface area contributed by atoms with Crippen LogP contribution in [0.5, 0.6) is 0 Å². The molecule has 0 amide bonds. The van der Waals surface area contributed by atoms with E-state index in [1.165, 1.54) is 6.42 Å². The summed E-state index contributed by atoms with van der Waals surface area (Å²) >= 11 is 0. The third-order valence-electron chi connectivity index (χ3n) is 3.73. The number of hydrogen-bond acceptors (Lipinski definition) is 2. The highest BCUT2D eigenvalue weighted by Gasteiger charge is 2.32. The van der Waals surface area contributed by atoms with Crippen LogP contribution >= 0.6 is 0 Å². The van der Waals surface area contributed by atoms with Crippen LogP contribution in [0.25, 0.3) is 0 Å². The Balaban J connectivity index is 1.83. The van der Waals surface area contributed by atoms with Crippen LogP contribution in [0, 0.1) is 23.5 Å². The van der Waals surface area contributed by atoms with Gasteiger partial charge in [-0.3, -0.25) is 4.79 Å². The smallest absolute Gasteiger partial charge is 0.164 e. The SMILES string of the molecule is CC1CC1CN(C)CCC(=O)c1cc(F)cc(F)c1. The van der Waals surface area contributed by atoms with Crippen LogP contribution in [0.4, 0.5) is 8.78 Å². The van der Waals surface area contributed by atoms with Gasteiger partial charge in [0.2, 0.25) is 0 Å². The average molecular weight is 267 g/mol. The molecule has 4 heteroatoms. The van der Waals surface area contributed by atoms with Crippen molar-refractivity contribution in [2.45, 2.75) is 19.8 Å². The number of Topliss-reactive ketones (excluding diaryl/α,β-unsaturated/α-hetero) is 1. The van der Waals surface area contributed by atoms with Gasteiger partial charge in [-0.25, -0.2) is 8.78 Å². The first-order chi connectivity index (χ1) is 8.95. The Morgan fingerprint density at radius 1 is 1.32 bits per heavy atom.